The first-order valence-electron chi connectivity index (χ1n) is 9.45. The Morgan fingerprint density at radius 3 is 2.55 bits per heavy atom. The molecular weight excluding hydrogens is 379 g/mol. The molecule has 0 bridgehead atoms. The lowest BCUT2D eigenvalue weighted by molar-refractivity contribution is -0.136. The zero-order valence-corrected chi connectivity index (χ0v) is 16.1. The van der Waals surface area contributed by atoms with Crippen LogP contribution in [0.4, 0.5) is 13.2 Å². The predicted octanol–water partition coefficient (Wildman–Crippen LogP) is 5.07. The number of aryl methyl sites for hydroxylation is 2. The molecule has 1 fully saturated rings. The lowest BCUT2D eigenvalue weighted by Gasteiger charge is -2.15. The van der Waals surface area contributed by atoms with Crippen molar-refractivity contribution in [2.24, 2.45) is 0 Å². The average Bonchev–Trinajstić information content (AvgIpc) is 3.50. The van der Waals surface area contributed by atoms with E-state index in [4.69, 9.17) is 0 Å². The van der Waals surface area contributed by atoms with Crippen molar-refractivity contribution in [2.45, 2.75) is 45.3 Å². The first-order valence-corrected chi connectivity index (χ1v) is 9.45. The minimum Gasteiger partial charge on any atom is -0.345 e. The first-order chi connectivity index (χ1) is 13.7. The number of benzene rings is 1. The summed E-state index contributed by atoms with van der Waals surface area (Å²) in [7, 11) is 0. The van der Waals surface area contributed by atoms with Gasteiger partial charge in [-0.1, -0.05) is 6.07 Å². The van der Waals surface area contributed by atoms with Crippen molar-refractivity contribution in [2.75, 3.05) is 0 Å². The van der Waals surface area contributed by atoms with E-state index in [1.807, 2.05) is 19.1 Å². The Morgan fingerprint density at radius 2 is 1.90 bits per heavy atom. The van der Waals surface area contributed by atoms with Crippen LogP contribution in [0, 0.1) is 13.8 Å². The van der Waals surface area contributed by atoms with E-state index in [-0.39, 0.29) is 23.7 Å². The van der Waals surface area contributed by atoms with Gasteiger partial charge in [0.05, 0.1) is 23.3 Å². The molecule has 2 aromatic heterocycles. The number of carbonyl (C=O) groups excluding carboxylic acids is 1. The molecule has 29 heavy (non-hydrogen) atoms. The van der Waals surface area contributed by atoms with Gasteiger partial charge in [-0.3, -0.25) is 9.78 Å². The van der Waals surface area contributed by atoms with Crippen LogP contribution < -0.4 is 5.32 Å². The van der Waals surface area contributed by atoms with Gasteiger partial charge < -0.3 is 5.32 Å². The van der Waals surface area contributed by atoms with E-state index in [1.165, 1.54) is 12.1 Å². The van der Waals surface area contributed by atoms with Crippen molar-refractivity contribution in [3.8, 4) is 0 Å². The highest BCUT2D eigenvalue weighted by molar-refractivity contribution is 5.96. The molecule has 150 valence electrons. The second-order valence-corrected chi connectivity index (χ2v) is 7.51. The predicted molar refractivity (Wildman–Crippen MR) is 104 cm³/mol. The van der Waals surface area contributed by atoms with Crippen molar-refractivity contribution in [3.63, 3.8) is 0 Å². The van der Waals surface area contributed by atoms with E-state index >= 15 is 0 Å². The summed E-state index contributed by atoms with van der Waals surface area (Å²) in [5.74, 6) is -0.345. The summed E-state index contributed by atoms with van der Waals surface area (Å²) in [6, 6.07) is 9.95. The molecule has 4 nitrogen and oxygen atoms in total. The molecule has 0 aliphatic heterocycles. The van der Waals surface area contributed by atoms with Crippen LogP contribution in [-0.2, 0) is 12.7 Å². The topological polar surface area (TPSA) is 54.9 Å². The quantitative estimate of drug-likeness (QED) is 0.666. The number of rotatable bonds is 4. The number of aromatic nitrogens is 2. The second kappa shape index (κ2) is 7.13. The maximum Gasteiger partial charge on any atom is 0.418 e. The first kappa shape index (κ1) is 19.4. The summed E-state index contributed by atoms with van der Waals surface area (Å²) in [5, 5.41) is 3.13. The Labute approximate surface area is 166 Å². The van der Waals surface area contributed by atoms with Crippen molar-refractivity contribution in [3.05, 3.63) is 70.2 Å². The van der Waals surface area contributed by atoms with Gasteiger partial charge in [0, 0.05) is 11.1 Å². The van der Waals surface area contributed by atoms with Crippen LogP contribution in [0.5, 0.6) is 0 Å². The van der Waals surface area contributed by atoms with Gasteiger partial charge in [-0.05, 0) is 74.1 Å². The van der Waals surface area contributed by atoms with E-state index in [0.29, 0.717) is 22.2 Å². The van der Waals surface area contributed by atoms with Crippen molar-refractivity contribution >= 4 is 16.8 Å². The fourth-order valence-corrected chi connectivity index (χ4v) is 3.46. The standard InChI is InChI=1S/C22H20F3N3O/c1-12-8-19(21(29)26-11-16-5-3-4-13(2)27-16)28-20-17(12)9-15(14-6-7-14)10-18(20)22(23,24)25/h3-5,8-10,14H,6-7,11H2,1-2H3,(H,26,29). The van der Waals surface area contributed by atoms with Gasteiger partial charge in [0.2, 0.25) is 0 Å². The smallest absolute Gasteiger partial charge is 0.345 e. The molecule has 1 aromatic carbocycles. The van der Waals surface area contributed by atoms with E-state index in [0.717, 1.165) is 18.5 Å². The van der Waals surface area contributed by atoms with Crippen LogP contribution >= 0.6 is 0 Å². The number of alkyl halides is 3. The molecule has 0 unspecified atom stereocenters. The second-order valence-electron chi connectivity index (χ2n) is 7.51. The molecule has 0 radical (unpaired) electrons. The molecule has 4 rings (SSSR count). The molecule has 0 atom stereocenters. The van der Waals surface area contributed by atoms with Crippen molar-refractivity contribution in [1.82, 2.24) is 15.3 Å². The lowest BCUT2D eigenvalue weighted by Crippen LogP contribution is -2.24. The SMILES string of the molecule is Cc1cccc(CNC(=O)c2cc(C)c3cc(C4CC4)cc(C(F)(F)F)c3n2)n1. The van der Waals surface area contributed by atoms with Crippen LogP contribution in [0.2, 0.25) is 0 Å². The number of hydrogen-bond donors (Lipinski definition) is 1. The fourth-order valence-electron chi connectivity index (χ4n) is 3.46. The lowest BCUT2D eigenvalue weighted by atomic mass is 9.98. The highest BCUT2D eigenvalue weighted by Crippen LogP contribution is 2.44. The molecule has 1 amide bonds. The molecular formula is C22H20F3N3O. The molecule has 1 saturated carbocycles. The number of pyridine rings is 2. The van der Waals surface area contributed by atoms with E-state index in [1.54, 1.807) is 19.1 Å². The molecule has 1 aliphatic carbocycles. The number of nitrogens with one attached hydrogen (secondary N) is 1. The van der Waals surface area contributed by atoms with Gasteiger partial charge in [0.25, 0.3) is 5.91 Å². The minimum absolute atomic E-state index is 0.0349. The van der Waals surface area contributed by atoms with Crippen LogP contribution in [0.1, 0.15) is 57.3 Å². The highest BCUT2D eigenvalue weighted by atomic mass is 19.4. The fraction of sp³-hybridized carbons (Fsp3) is 0.318. The Bertz CT molecular complexity index is 1100. The molecule has 2 heterocycles. The molecule has 1 aliphatic rings. The summed E-state index contributed by atoms with van der Waals surface area (Å²) in [6.45, 7) is 3.72. The Hall–Kier alpha value is -2.96. The van der Waals surface area contributed by atoms with E-state index in [2.05, 4.69) is 15.3 Å². The third-order valence-corrected chi connectivity index (χ3v) is 5.11. The monoisotopic (exact) mass is 399 g/mol. The third-order valence-electron chi connectivity index (χ3n) is 5.11. The van der Waals surface area contributed by atoms with Gasteiger partial charge in [-0.2, -0.15) is 13.2 Å². The molecule has 3 aromatic rings. The highest BCUT2D eigenvalue weighted by Gasteiger charge is 2.36. The Kier molecular flexibility index (Phi) is 4.76. The van der Waals surface area contributed by atoms with Gasteiger partial charge in [0.1, 0.15) is 5.69 Å². The summed E-state index contributed by atoms with van der Waals surface area (Å²) in [6.07, 6.45) is -2.73. The average molecular weight is 399 g/mol. The van der Waals surface area contributed by atoms with Crippen LogP contribution in [0.25, 0.3) is 10.9 Å². The van der Waals surface area contributed by atoms with Gasteiger partial charge in [-0.25, -0.2) is 4.98 Å². The number of halogens is 3. The maximum absolute atomic E-state index is 13.7. The van der Waals surface area contributed by atoms with Crippen LogP contribution in [0.15, 0.2) is 36.4 Å². The van der Waals surface area contributed by atoms with Crippen molar-refractivity contribution in [1.29, 1.82) is 0 Å². The third kappa shape index (κ3) is 4.09. The van der Waals surface area contributed by atoms with E-state index in [9.17, 15) is 18.0 Å². The molecule has 7 heteroatoms. The Morgan fingerprint density at radius 1 is 1.14 bits per heavy atom. The minimum atomic E-state index is -4.54. The largest absolute Gasteiger partial charge is 0.418 e. The maximum atomic E-state index is 13.7. The zero-order chi connectivity index (χ0) is 20.8. The number of fused-ring (bicyclic) bond motifs is 1. The summed E-state index contributed by atoms with van der Waals surface area (Å²) in [5.41, 5.74) is 1.78. The van der Waals surface area contributed by atoms with Gasteiger partial charge in [-0.15, -0.1) is 0 Å². The molecule has 1 N–H and O–H groups in total. The number of carbonyl (C=O) groups is 1. The zero-order valence-electron chi connectivity index (χ0n) is 16.1. The number of nitrogens with zero attached hydrogens (tertiary/aromatic N) is 2. The van der Waals surface area contributed by atoms with Crippen LogP contribution in [-0.4, -0.2) is 15.9 Å². The summed E-state index contributed by atoms with van der Waals surface area (Å²) in [4.78, 5) is 21.0. The van der Waals surface area contributed by atoms with Crippen LogP contribution in [0.3, 0.4) is 0 Å². The van der Waals surface area contributed by atoms with Crippen molar-refractivity contribution < 1.29 is 18.0 Å². The molecule has 0 spiro atoms. The number of hydrogen-bond acceptors (Lipinski definition) is 3. The van der Waals surface area contributed by atoms with Gasteiger partial charge in [0.15, 0.2) is 0 Å². The molecule has 0 saturated heterocycles. The Balaban J connectivity index is 1.70. The summed E-state index contributed by atoms with van der Waals surface area (Å²) < 4.78 is 41.1. The summed E-state index contributed by atoms with van der Waals surface area (Å²) >= 11 is 0. The van der Waals surface area contributed by atoms with Gasteiger partial charge >= 0.3 is 6.18 Å². The number of amides is 1. The normalized spacial score (nSPS) is 14.2. The van der Waals surface area contributed by atoms with E-state index < -0.39 is 17.6 Å².